The maximum Gasteiger partial charge on any atom is 0.253 e. The number of nitrogen functional groups attached to an aromatic ring is 1. The minimum atomic E-state index is -0.210. The second-order valence-corrected chi connectivity index (χ2v) is 9.26. The van der Waals surface area contributed by atoms with Crippen molar-refractivity contribution < 1.29 is 19.1 Å². The monoisotopic (exact) mass is 470 g/mol. The Hall–Kier alpha value is -3.75. The number of rotatable bonds is 4. The molecule has 178 valence electrons. The normalized spacial score (nSPS) is 20.1. The van der Waals surface area contributed by atoms with Gasteiger partial charge in [-0.25, -0.2) is 4.98 Å². The topological polar surface area (TPSA) is 107 Å². The highest BCUT2D eigenvalue weighted by atomic mass is 16.5. The van der Waals surface area contributed by atoms with Crippen LogP contribution in [0.4, 0.5) is 11.5 Å². The molecule has 3 aliphatic heterocycles. The first-order valence-corrected chi connectivity index (χ1v) is 11.7. The lowest BCUT2D eigenvalue weighted by molar-refractivity contribution is -0.125. The zero-order valence-electron chi connectivity index (χ0n) is 19.6. The number of aryl methyl sites for hydroxylation is 2. The van der Waals surface area contributed by atoms with Crippen molar-refractivity contribution >= 4 is 23.3 Å². The van der Waals surface area contributed by atoms with Gasteiger partial charge >= 0.3 is 0 Å². The first-order chi connectivity index (χ1) is 16.9. The number of morpholine rings is 1. The van der Waals surface area contributed by atoms with E-state index in [0.29, 0.717) is 31.1 Å². The van der Waals surface area contributed by atoms with Crippen molar-refractivity contribution in [1.29, 1.82) is 0 Å². The Morgan fingerprint density at radius 2 is 1.83 bits per heavy atom. The molecule has 35 heavy (non-hydrogen) atoms. The third-order valence-electron chi connectivity index (χ3n) is 7.12. The van der Waals surface area contributed by atoms with E-state index in [2.05, 4.69) is 16.4 Å². The number of ether oxygens (including phenoxy) is 2. The molecule has 0 aliphatic carbocycles. The van der Waals surface area contributed by atoms with Gasteiger partial charge in [0.2, 0.25) is 0 Å². The number of hydrogen-bond donors (Lipinski definition) is 2. The van der Waals surface area contributed by atoms with E-state index in [4.69, 9.17) is 15.2 Å². The Morgan fingerprint density at radius 1 is 1.09 bits per heavy atom. The molecule has 2 bridgehead atoms. The number of nitrogens with one attached hydrogen (secondary N) is 1. The lowest BCUT2D eigenvalue weighted by atomic mass is 9.85. The third kappa shape index (κ3) is 3.57. The SMILES string of the molecule is Cc1cc(N)nc(C)c1CNC(=O)c1ccc2c(c1)C1OC2c2cc(N3CCOCC3=O)ccc21. The summed E-state index contributed by atoms with van der Waals surface area (Å²) in [7, 11) is 0. The van der Waals surface area contributed by atoms with Gasteiger partial charge in [0.25, 0.3) is 11.8 Å². The van der Waals surface area contributed by atoms with Crippen LogP contribution in [0.5, 0.6) is 0 Å². The zero-order valence-corrected chi connectivity index (χ0v) is 19.6. The summed E-state index contributed by atoms with van der Waals surface area (Å²) in [6.07, 6.45) is -0.401. The van der Waals surface area contributed by atoms with Crippen molar-refractivity contribution in [2.24, 2.45) is 0 Å². The van der Waals surface area contributed by atoms with E-state index in [0.717, 1.165) is 44.8 Å². The number of anilines is 2. The number of carbonyl (C=O) groups is 2. The molecule has 2 aromatic carbocycles. The molecule has 8 heteroatoms. The van der Waals surface area contributed by atoms with E-state index in [9.17, 15) is 9.59 Å². The van der Waals surface area contributed by atoms with Crippen LogP contribution in [0.3, 0.4) is 0 Å². The standard InChI is InChI=1S/C27H26N4O4/c1-14-9-23(28)30-15(2)22(14)12-29-27(33)16-3-5-18-20(10-16)25-19-6-4-17(11-21(19)26(18)35-25)31-7-8-34-13-24(31)32/h3-6,9-11,25-26H,7-8,12-13H2,1-2H3,(H2,28,30)(H,29,33). The molecule has 2 atom stereocenters. The molecule has 4 heterocycles. The van der Waals surface area contributed by atoms with Crippen LogP contribution in [-0.2, 0) is 20.8 Å². The lowest BCUT2D eigenvalue weighted by Gasteiger charge is -2.28. The van der Waals surface area contributed by atoms with Gasteiger partial charge < -0.3 is 25.4 Å². The summed E-state index contributed by atoms with van der Waals surface area (Å²) in [6, 6.07) is 13.6. The molecule has 0 radical (unpaired) electrons. The van der Waals surface area contributed by atoms with Crippen molar-refractivity contribution in [3.63, 3.8) is 0 Å². The fourth-order valence-corrected chi connectivity index (χ4v) is 5.36. The van der Waals surface area contributed by atoms with Gasteiger partial charge in [0.15, 0.2) is 0 Å². The minimum Gasteiger partial charge on any atom is -0.384 e. The largest absolute Gasteiger partial charge is 0.384 e. The van der Waals surface area contributed by atoms with Gasteiger partial charge in [-0.15, -0.1) is 0 Å². The molecular weight excluding hydrogens is 444 g/mol. The summed E-state index contributed by atoms with van der Waals surface area (Å²) in [5, 5.41) is 3.01. The molecule has 1 saturated heterocycles. The first-order valence-electron chi connectivity index (χ1n) is 11.7. The second-order valence-electron chi connectivity index (χ2n) is 9.26. The Kier molecular flexibility index (Phi) is 5.09. The molecule has 3 aliphatic rings. The van der Waals surface area contributed by atoms with Gasteiger partial charge in [-0.3, -0.25) is 9.59 Å². The molecule has 6 rings (SSSR count). The van der Waals surface area contributed by atoms with Crippen molar-refractivity contribution in [2.45, 2.75) is 32.6 Å². The van der Waals surface area contributed by atoms with E-state index in [-0.39, 0.29) is 30.6 Å². The summed E-state index contributed by atoms with van der Waals surface area (Å²) >= 11 is 0. The number of carbonyl (C=O) groups excluding carboxylic acids is 2. The van der Waals surface area contributed by atoms with E-state index in [1.54, 1.807) is 4.90 Å². The molecule has 2 amide bonds. The number of amides is 2. The highest BCUT2D eigenvalue weighted by molar-refractivity contribution is 5.95. The van der Waals surface area contributed by atoms with Gasteiger partial charge in [0.1, 0.15) is 24.6 Å². The Balaban J connectivity index is 1.22. The lowest BCUT2D eigenvalue weighted by Crippen LogP contribution is -2.41. The molecule has 3 N–H and O–H groups in total. The quantitative estimate of drug-likeness (QED) is 0.607. The zero-order chi connectivity index (χ0) is 24.3. The maximum atomic E-state index is 13.0. The van der Waals surface area contributed by atoms with Crippen molar-refractivity contribution in [3.8, 4) is 0 Å². The van der Waals surface area contributed by atoms with Gasteiger partial charge in [0.05, 0.1) is 6.61 Å². The van der Waals surface area contributed by atoms with E-state index in [1.165, 1.54) is 0 Å². The van der Waals surface area contributed by atoms with Crippen molar-refractivity contribution in [1.82, 2.24) is 10.3 Å². The summed E-state index contributed by atoms with van der Waals surface area (Å²) in [6.45, 7) is 5.44. The number of benzene rings is 2. The fourth-order valence-electron chi connectivity index (χ4n) is 5.36. The van der Waals surface area contributed by atoms with Gasteiger partial charge in [-0.1, -0.05) is 12.1 Å². The molecule has 0 saturated carbocycles. The van der Waals surface area contributed by atoms with E-state index in [1.807, 2.05) is 50.2 Å². The molecule has 0 spiro atoms. The van der Waals surface area contributed by atoms with Gasteiger partial charge in [0, 0.05) is 30.0 Å². The predicted molar refractivity (Wildman–Crippen MR) is 130 cm³/mol. The second kappa shape index (κ2) is 8.18. The molecule has 1 fully saturated rings. The number of pyridine rings is 1. The smallest absolute Gasteiger partial charge is 0.253 e. The van der Waals surface area contributed by atoms with Crippen LogP contribution in [0.25, 0.3) is 0 Å². The van der Waals surface area contributed by atoms with Crippen LogP contribution in [0.1, 0.15) is 61.6 Å². The van der Waals surface area contributed by atoms with Crippen LogP contribution >= 0.6 is 0 Å². The summed E-state index contributed by atoms with van der Waals surface area (Å²) in [5.74, 6) is 0.303. The fraction of sp³-hybridized carbons (Fsp3) is 0.296. The number of aromatic nitrogens is 1. The average Bonchev–Trinajstić information content (AvgIpc) is 3.40. The predicted octanol–water partition coefficient (Wildman–Crippen LogP) is 3.10. The van der Waals surface area contributed by atoms with E-state index >= 15 is 0 Å². The third-order valence-corrected chi connectivity index (χ3v) is 7.12. The molecule has 1 aromatic heterocycles. The number of fused-ring (bicyclic) bond motifs is 8. The van der Waals surface area contributed by atoms with Gasteiger partial charge in [-0.05, 0) is 77.6 Å². The molecule has 3 aromatic rings. The molecular formula is C27H26N4O4. The van der Waals surface area contributed by atoms with E-state index < -0.39 is 0 Å². The summed E-state index contributed by atoms with van der Waals surface area (Å²) in [4.78, 5) is 31.3. The number of nitrogens with two attached hydrogens (primary N) is 1. The molecule has 2 unspecified atom stereocenters. The minimum absolute atomic E-state index is 0.0310. The van der Waals surface area contributed by atoms with Gasteiger partial charge in [-0.2, -0.15) is 0 Å². The first kappa shape index (κ1) is 21.8. The number of hydrogen-bond acceptors (Lipinski definition) is 6. The number of nitrogens with zero attached hydrogens (tertiary/aromatic N) is 2. The van der Waals surface area contributed by atoms with Crippen molar-refractivity contribution in [3.05, 3.63) is 87.1 Å². The Bertz CT molecular complexity index is 1360. The van der Waals surface area contributed by atoms with Crippen LogP contribution in [0, 0.1) is 13.8 Å². The molecule has 8 nitrogen and oxygen atoms in total. The summed E-state index contributed by atoms with van der Waals surface area (Å²) in [5.41, 5.74) is 14.3. The van der Waals surface area contributed by atoms with Crippen molar-refractivity contribution in [2.75, 3.05) is 30.4 Å². The Labute approximate surface area is 203 Å². The highest BCUT2D eigenvalue weighted by Gasteiger charge is 2.43. The summed E-state index contributed by atoms with van der Waals surface area (Å²) < 4.78 is 11.6. The highest BCUT2D eigenvalue weighted by Crippen LogP contribution is 2.54. The Morgan fingerprint density at radius 3 is 2.57 bits per heavy atom. The van der Waals surface area contributed by atoms with Crippen LogP contribution in [0.15, 0.2) is 42.5 Å². The van der Waals surface area contributed by atoms with Crippen LogP contribution in [-0.4, -0.2) is 36.6 Å². The average molecular weight is 471 g/mol. The van der Waals surface area contributed by atoms with Crippen LogP contribution in [0.2, 0.25) is 0 Å². The van der Waals surface area contributed by atoms with Crippen LogP contribution < -0.4 is 16.0 Å². The maximum absolute atomic E-state index is 13.0.